The molecule has 0 aliphatic carbocycles. The van der Waals surface area contributed by atoms with Crippen molar-refractivity contribution in [3.05, 3.63) is 53.0 Å². The summed E-state index contributed by atoms with van der Waals surface area (Å²) in [7, 11) is 1.65. The van der Waals surface area contributed by atoms with Gasteiger partial charge in [-0.2, -0.15) is 0 Å². The molecule has 0 fully saturated rings. The number of rotatable bonds is 9. The van der Waals surface area contributed by atoms with Gasteiger partial charge in [-0.15, -0.1) is 16.4 Å². The lowest BCUT2D eigenvalue weighted by Crippen LogP contribution is -2.28. The van der Waals surface area contributed by atoms with Gasteiger partial charge in [0.1, 0.15) is 5.75 Å². The van der Waals surface area contributed by atoms with Crippen molar-refractivity contribution in [3.8, 4) is 22.9 Å². The smallest absolute Gasteiger partial charge is 0.278 e. The minimum absolute atomic E-state index is 0.187. The summed E-state index contributed by atoms with van der Waals surface area (Å²) in [5, 5.41) is 6.33. The Morgan fingerprint density at radius 1 is 1.28 bits per heavy atom. The van der Waals surface area contributed by atoms with Crippen LogP contribution in [0.15, 0.2) is 53.3 Å². The Morgan fingerprint density at radius 2 is 2.10 bits per heavy atom. The molecule has 0 radical (unpaired) electrons. The molecule has 2 aromatic heterocycles. The number of benzene rings is 1. The zero-order chi connectivity index (χ0) is 20.5. The number of nitrogens with zero attached hydrogens (tertiary/aromatic N) is 4. The fraction of sp³-hybridized carbons (Fsp3) is 0.300. The maximum atomic E-state index is 12.1. The van der Waals surface area contributed by atoms with Gasteiger partial charge in [0.2, 0.25) is 10.7 Å². The van der Waals surface area contributed by atoms with Gasteiger partial charge < -0.3 is 14.0 Å². The molecule has 1 N–H and O–H groups in total. The lowest BCUT2D eigenvalue weighted by atomic mass is 10.1. The van der Waals surface area contributed by atoms with E-state index in [9.17, 15) is 4.79 Å². The molecule has 0 spiro atoms. The maximum absolute atomic E-state index is 12.1. The summed E-state index contributed by atoms with van der Waals surface area (Å²) in [6.45, 7) is 2.77. The molecule has 0 atom stereocenters. The standard InChI is InChI=1S/C20H23N5O3S/c1-3-4-11-25-17(15-5-7-16(27-2)8-6-15)14-29-20(25)24-23-18(26)13-28-19-12-21-9-10-22-19/h5-10,12,14H,3-4,11,13H2,1-2H3,(H,23,26)/b24-20-. The van der Waals surface area contributed by atoms with E-state index in [2.05, 4.69) is 32.0 Å². The highest BCUT2D eigenvalue weighted by molar-refractivity contribution is 7.07. The summed E-state index contributed by atoms with van der Waals surface area (Å²) >= 11 is 1.48. The number of hydrogen-bond donors (Lipinski definition) is 1. The first-order valence-corrected chi connectivity index (χ1v) is 10.1. The average Bonchev–Trinajstić information content (AvgIpc) is 3.18. The molecular weight excluding hydrogens is 390 g/mol. The first-order chi connectivity index (χ1) is 14.2. The van der Waals surface area contributed by atoms with E-state index < -0.39 is 0 Å². The minimum atomic E-state index is -0.364. The van der Waals surface area contributed by atoms with Gasteiger partial charge in [-0.1, -0.05) is 13.3 Å². The third-order valence-electron chi connectivity index (χ3n) is 4.09. The molecule has 9 heteroatoms. The summed E-state index contributed by atoms with van der Waals surface area (Å²) in [6.07, 6.45) is 6.55. The van der Waals surface area contributed by atoms with Crippen LogP contribution in [0.3, 0.4) is 0 Å². The fourth-order valence-corrected chi connectivity index (χ4v) is 3.48. The van der Waals surface area contributed by atoms with Gasteiger partial charge >= 0.3 is 0 Å². The van der Waals surface area contributed by atoms with Crippen molar-refractivity contribution in [2.75, 3.05) is 13.7 Å². The molecular formula is C20H23N5O3S. The molecule has 152 valence electrons. The molecule has 3 rings (SSSR count). The number of methoxy groups -OCH3 is 1. The van der Waals surface area contributed by atoms with Crippen LogP contribution in [0.1, 0.15) is 19.8 Å². The Morgan fingerprint density at radius 3 is 2.79 bits per heavy atom. The van der Waals surface area contributed by atoms with E-state index in [0.717, 1.165) is 41.2 Å². The monoisotopic (exact) mass is 413 g/mol. The molecule has 0 unspecified atom stereocenters. The number of thiazole rings is 1. The Labute approximate surface area is 172 Å². The third kappa shape index (κ3) is 5.64. The molecule has 8 nitrogen and oxygen atoms in total. The Kier molecular flexibility index (Phi) is 7.34. The number of unbranched alkanes of at least 4 members (excludes halogenated alkanes) is 1. The van der Waals surface area contributed by atoms with Gasteiger partial charge in [0.15, 0.2) is 6.61 Å². The summed E-state index contributed by atoms with van der Waals surface area (Å²) in [4.78, 5) is 20.6. The zero-order valence-corrected chi connectivity index (χ0v) is 17.2. The van der Waals surface area contributed by atoms with Gasteiger partial charge in [-0.3, -0.25) is 9.78 Å². The number of nitrogens with one attached hydrogen (secondary N) is 1. The van der Waals surface area contributed by atoms with Crippen molar-refractivity contribution >= 4 is 17.2 Å². The fourth-order valence-electron chi connectivity index (χ4n) is 2.59. The lowest BCUT2D eigenvalue weighted by Gasteiger charge is -2.09. The largest absolute Gasteiger partial charge is 0.497 e. The van der Waals surface area contributed by atoms with Gasteiger partial charge in [0.25, 0.3) is 5.91 Å². The number of carbonyl (C=O) groups excluding carboxylic acids is 1. The lowest BCUT2D eigenvalue weighted by molar-refractivity contribution is -0.123. The summed E-state index contributed by atoms with van der Waals surface area (Å²) in [6, 6.07) is 7.89. The molecule has 3 aromatic rings. The predicted molar refractivity (Wildman–Crippen MR) is 110 cm³/mol. The molecule has 1 aromatic carbocycles. The number of carbonyl (C=O) groups is 1. The second kappa shape index (κ2) is 10.4. The van der Waals surface area contributed by atoms with Crippen molar-refractivity contribution in [3.63, 3.8) is 0 Å². The van der Waals surface area contributed by atoms with Crippen LogP contribution in [0.25, 0.3) is 11.3 Å². The highest BCUT2D eigenvalue weighted by atomic mass is 32.1. The van der Waals surface area contributed by atoms with Gasteiger partial charge in [0.05, 0.1) is 19.0 Å². The molecule has 1 amide bonds. The predicted octanol–water partition coefficient (Wildman–Crippen LogP) is 2.83. The number of hydrogen-bond acceptors (Lipinski definition) is 7. The molecule has 0 bridgehead atoms. The summed E-state index contributed by atoms with van der Waals surface area (Å²) in [5.74, 6) is 0.736. The van der Waals surface area contributed by atoms with E-state index in [4.69, 9.17) is 9.47 Å². The normalized spacial score (nSPS) is 11.3. The van der Waals surface area contributed by atoms with E-state index in [1.807, 2.05) is 29.6 Å². The topological polar surface area (TPSA) is 90.6 Å². The van der Waals surface area contributed by atoms with Crippen LogP contribution >= 0.6 is 11.3 Å². The summed E-state index contributed by atoms with van der Waals surface area (Å²) < 4.78 is 12.6. The highest BCUT2D eigenvalue weighted by Crippen LogP contribution is 2.23. The van der Waals surface area contributed by atoms with E-state index in [-0.39, 0.29) is 12.5 Å². The maximum Gasteiger partial charge on any atom is 0.278 e. The van der Waals surface area contributed by atoms with Crippen molar-refractivity contribution in [2.24, 2.45) is 5.10 Å². The molecule has 2 heterocycles. The summed E-state index contributed by atoms with van der Waals surface area (Å²) in [5.41, 5.74) is 4.67. The molecule has 0 saturated heterocycles. The van der Waals surface area contributed by atoms with Crippen molar-refractivity contribution < 1.29 is 14.3 Å². The van der Waals surface area contributed by atoms with Crippen LogP contribution in [0, 0.1) is 0 Å². The Balaban J connectivity index is 1.74. The minimum Gasteiger partial charge on any atom is -0.497 e. The van der Waals surface area contributed by atoms with Crippen molar-refractivity contribution in [1.82, 2.24) is 20.0 Å². The van der Waals surface area contributed by atoms with Crippen LogP contribution in [-0.4, -0.2) is 34.2 Å². The quantitative estimate of drug-likeness (QED) is 0.545. The van der Waals surface area contributed by atoms with E-state index in [1.165, 1.54) is 29.9 Å². The van der Waals surface area contributed by atoms with Crippen LogP contribution in [0.5, 0.6) is 11.6 Å². The average molecular weight is 414 g/mol. The Hall–Kier alpha value is -3.20. The van der Waals surface area contributed by atoms with E-state index >= 15 is 0 Å². The number of ether oxygens (including phenoxy) is 2. The highest BCUT2D eigenvalue weighted by Gasteiger charge is 2.09. The SMILES string of the molecule is CCCCn1c(-c2ccc(OC)cc2)cs/c1=N\NC(=O)COc1cnccn1. The first-order valence-electron chi connectivity index (χ1n) is 9.25. The molecule has 29 heavy (non-hydrogen) atoms. The first kappa shape index (κ1) is 20.5. The second-order valence-corrected chi connectivity index (χ2v) is 6.95. The van der Waals surface area contributed by atoms with Gasteiger partial charge in [-0.25, -0.2) is 10.4 Å². The Bertz CT molecular complexity index is 983. The van der Waals surface area contributed by atoms with Crippen molar-refractivity contribution in [2.45, 2.75) is 26.3 Å². The van der Waals surface area contributed by atoms with Crippen LogP contribution in [0.2, 0.25) is 0 Å². The second-order valence-electron chi connectivity index (χ2n) is 6.12. The van der Waals surface area contributed by atoms with Gasteiger partial charge in [-0.05, 0) is 36.2 Å². The number of amides is 1. The van der Waals surface area contributed by atoms with Crippen LogP contribution in [-0.2, 0) is 11.3 Å². The zero-order valence-electron chi connectivity index (χ0n) is 16.4. The van der Waals surface area contributed by atoms with Crippen LogP contribution < -0.4 is 19.7 Å². The van der Waals surface area contributed by atoms with Crippen LogP contribution in [0.4, 0.5) is 0 Å². The van der Waals surface area contributed by atoms with Crippen molar-refractivity contribution in [1.29, 1.82) is 0 Å². The third-order valence-corrected chi connectivity index (χ3v) is 4.95. The number of aromatic nitrogens is 3. The molecule has 0 aliphatic heterocycles. The molecule has 0 aliphatic rings. The van der Waals surface area contributed by atoms with E-state index in [0.29, 0.717) is 5.88 Å². The molecule has 0 saturated carbocycles. The van der Waals surface area contributed by atoms with E-state index in [1.54, 1.807) is 7.11 Å². The van der Waals surface area contributed by atoms with Gasteiger partial charge in [0, 0.05) is 24.3 Å².